The van der Waals surface area contributed by atoms with Crippen molar-refractivity contribution in [2.45, 2.75) is 47.1 Å². The Bertz CT molecular complexity index is 451. The minimum atomic E-state index is -0.413. The van der Waals surface area contributed by atoms with Gasteiger partial charge in [-0.25, -0.2) is 12.1 Å². The third kappa shape index (κ3) is 13.0. The van der Waals surface area contributed by atoms with E-state index < -0.39 is 5.50 Å². The second-order valence-corrected chi connectivity index (χ2v) is 11.9. The van der Waals surface area contributed by atoms with Crippen molar-refractivity contribution in [1.29, 1.82) is 0 Å². The van der Waals surface area contributed by atoms with Crippen LogP contribution in [0.1, 0.15) is 35.6 Å². The molecule has 2 aromatic rings. The van der Waals surface area contributed by atoms with Crippen LogP contribution in [0.15, 0.2) is 36.4 Å². The van der Waals surface area contributed by atoms with Crippen molar-refractivity contribution in [2.24, 2.45) is 0 Å². The Balaban J connectivity index is -0.000000247. The van der Waals surface area contributed by atoms with E-state index in [-0.39, 0.29) is 24.8 Å². The quantitative estimate of drug-likeness (QED) is 0.362. The Kier molecular flexibility index (Phi) is 20.3. The molecule has 0 heterocycles. The molecular weight excluding hydrogens is 386 g/mol. The summed E-state index contributed by atoms with van der Waals surface area (Å²) in [5.74, 6) is 0. The Hall–Kier alpha value is 0.501. The maximum Gasteiger partial charge on any atom is -0.0630 e. The van der Waals surface area contributed by atoms with Crippen molar-refractivity contribution < 1.29 is 44.0 Å². The number of hydrogen-bond acceptors (Lipinski definition) is 0. The normalized spacial score (nSPS) is 8.36. The van der Waals surface area contributed by atoms with Gasteiger partial charge in [0, 0.05) is 0 Å². The van der Waals surface area contributed by atoms with Crippen LogP contribution in [0, 0.1) is 27.7 Å². The van der Waals surface area contributed by atoms with Gasteiger partial charge in [-0.1, -0.05) is 27.7 Å². The summed E-state index contributed by atoms with van der Waals surface area (Å²) in [5.41, 5.74) is 5.33. The number of halogens is 3. The summed E-state index contributed by atoms with van der Waals surface area (Å²) in [7, 11) is 0. The molecule has 124 valence electrons. The number of aryl methyl sites for hydroxylation is 2. The van der Waals surface area contributed by atoms with Crippen molar-refractivity contribution in [2.75, 3.05) is 0 Å². The minimum Gasteiger partial charge on any atom is -1.00 e. The Morgan fingerprint density at radius 2 is 1.68 bits per heavy atom. The van der Waals surface area contributed by atoms with E-state index >= 15 is 0 Å². The molecular formula is C17H25Cl3SiTi-2. The topological polar surface area (TPSA) is 0 Å². The molecule has 5 heteroatoms. The zero-order valence-electron chi connectivity index (χ0n) is 14.0. The van der Waals surface area contributed by atoms with Gasteiger partial charge in [0.2, 0.25) is 0 Å². The van der Waals surface area contributed by atoms with Gasteiger partial charge in [0.25, 0.3) is 0 Å². The molecule has 2 rings (SSSR count). The maximum absolute atomic E-state index is 5.68. The van der Waals surface area contributed by atoms with Gasteiger partial charge in [0.05, 0.1) is 0 Å². The van der Waals surface area contributed by atoms with Gasteiger partial charge in [0.15, 0.2) is 0 Å². The molecule has 0 aromatic heterocycles. The fraction of sp³-hybridized carbons (Fsp3) is 0.412. The fourth-order valence-corrected chi connectivity index (χ4v) is 3.85. The fourth-order valence-electron chi connectivity index (χ4n) is 1.67. The predicted molar refractivity (Wildman–Crippen MR) is 89.7 cm³/mol. The minimum absolute atomic E-state index is 0. The Morgan fingerprint density at radius 1 is 1.18 bits per heavy atom. The molecule has 0 saturated heterocycles. The second kappa shape index (κ2) is 16.4. The molecule has 0 fully saturated rings. The van der Waals surface area contributed by atoms with E-state index in [4.69, 9.17) is 11.1 Å². The molecule has 0 amide bonds. The number of hydrogen-bond donors (Lipinski definition) is 0. The molecule has 0 nitrogen and oxygen atoms in total. The molecule has 0 bridgehead atoms. The van der Waals surface area contributed by atoms with E-state index in [1.165, 1.54) is 34.7 Å². The summed E-state index contributed by atoms with van der Waals surface area (Å²) in [4.78, 5) is 0. The molecule has 0 radical (unpaired) electrons. The molecule has 0 atom stereocenters. The van der Waals surface area contributed by atoms with Crippen LogP contribution < -0.4 is 24.8 Å². The van der Waals surface area contributed by atoms with Gasteiger partial charge in [-0.15, -0.1) is 0 Å². The van der Waals surface area contributed by atoms with E-state index in [1.54, 1.807) is 0 Å². The molecule has 22 heavy (non-hydrogen) atoms. The van der Waals surface area contributed by atoms with Gasteiger partial charge in [0.1, 0.15) is 0 Å². The third-order valence-electron chi connectivity index (χ3n) is 3.20. The van der Waals surface area contributed by atoms with Gasteiger partial charge < -0.3 is 24.8 Å². The standard InChI is InChI=1S/C9H13.C5H5.C3H7ClSi.2ClH.Ti/c1-6-5-7(2)9(4)8(6)3;1-2-4-5-3-1;1-2-3-5-4;;;/h5H,1-4H3;1-5H;2-3H2,1H3;2*1H;/q2*-1;;;;+2/p-2. The van der Waals surface area contributed by atoms with E-state index in [9.17, 15) is 0 Å². The number of rotatable bonds is 2. The Labute approximate surface area is 165 Å². The van der Waals surface area contributed by atoms with Gasteiger partial charge in [-0.3, -0.25) is 0 Å². The first-order valence-corrected chi connectivity index (χ1v) is 12.1. The van der Waals surface area contributed by atoms with Gasteiger partial charge in [-0.2, -0.15) is 46.5 Å². The van der Waals surface area contributed by atoms with Crippen LogP contribution >= 0.6 is 11.1 Å². The van der Waals surface area contributed by atoms with Crippen LogP contribution in [0.3, 0.4) is 0 Å². The second-order valence-electron chi connectivity index (χ2n) is 4.88. The molecule has 0 aliphatic rings. The van der Waals surface area contributed by atoms with Crippen LogP contribution in [0.4, 0.5) is 0 Å². The summed E-state index contributed by atoms with van der Waals surface area (Å²) in [6, 6.07) is 13.5. The smallest absolute Gasteiger partial charge is 0.0630 e. The van der Waals surface area contributed by atoms with Crippen LogP contribution in [-0.4, -0.2) is 5.50 Å². The first-order chi connectivity index (χ1) is 9.40. The van der Waals surface area contributed by atoms with Crippen LogP contribution in [0.2, 0.25) is 6.04 Å². The summed E-state index contributed by atoms with van der Waals surface area (Å²) < 4.78 is 0. The van der Waals surface area contributed by atoms with Crippen molar-refractivity contribution in [3.63, 3.8) is 0 Å². The van der Waals surface area contributed by atoms with E-state index in [2.05, 4.69) is 59.9 Å². The van der Waals surface area contributed by atoms with E-state index in [0.29, 0.717) is 0 Å². The average Bonchev–Trinajstić information content (AvgIpc) is 3.01. The summed E-state index contributed by atoms with van der Waals surface area (Å²) >= 11 is 7.80. The molecule has 2 aromatic carbocycles. The van der Waals surface area contributed by atoms with Crippen LogP contribution in [0.5, 0.6) is 0 Å². The van der Waals surface area contributed by atoms with Gasteiger partial charge >= 0.3 is 55.1 Å². The van der Waals surface area contributed by atoms with Crippen molar-refractivity contribution in [3.8, 4) is 0 Å². The van der Waals surface area contributed by atoms with Gasteiger partial charge in [-0.05, 0) is 0 Å². The van der Waals surface area contributed by atoms with Crippen LogP contribution in [0.25, 0.3) is 0 Å². The molecule has 0 spiro atoms. The summed E-state index contributed by atoms with van der Waals surface area (Å²) in [6.45, 7) is 10.8. The molecule has 0 saturated carbocycles. The predicted octanol–water partition coefficient (Wildman–Crippen LogP) is -0.277. The summed E-state index contributed by atoms with van der Waals surface area (Å²) in [5, 5.41) is 0. The molecule has 0 unspecified atom stereocenters. The first kappa shape index (κ1) is 27.4. The molecule has 0 N–H and O–H groups in total. The molecule has 0 aliphatic heterocycles. The SMILES string of the molecule is CCC[Si](Cl)=[Ti+2].Cc1c[c-](C)c(C)c1C.[Cl-].[Cl-].c1cc[cH-]c1. The zero-order valence-corrected chi connectivity index (χ0v) is 18.8. The average molecular weight is 412 g/mol. The Morgan fingerprint density at radius 3 is 1.77 bits per heavy atom. The molecule has 0 aliphatic carbocycles. The largest absolute Gasteiger partial charge is 1.00 e. The van der Waals surface area contributed by atoms with Crippen molar-refractivity contribution >= 4 is 16.6 Å². The van der Waals surface area contributed by atoms with E-state index in [1.807, 2.05) is 30.3 Å². The van der Waals surface area contributed by atoms with Crippen molar-refractivity contribution in [3.05, 3.63) is 58.7 Å². The maximum atomic E-state index is 5.68. The first-order valence-electron chi connectivity index (χ1n) is 6.99. The third-order valence-corrected chi connectivity index (χ3v) is 5.88. The monoisotopic (exact) mass is 410 g/mol. The van der Waals surface area contributed by atoms with Crippen molar-refractivity contribution in [1.82, 2.24) is 0 Å². The van der Waals surface area contributed by atoms with E-state index in [0.717, 1.165) is 0 Å². The zero-order chi connectivity index (χ0) is 15.5. The van der Waals surface area contributed by atoms with Crippen LogP contribution in [-0.2, 0) is 19.2 Å². The summed E-state index contributed by atoms with van der Waals surface area (Å²) in [6.07, 6.45) is 1.24.